The van der Waals surface area contributed by atoms with E-state index in [4.69, 9.17) is 4.74 Å². The van der Waals surface area contributed by atoms with Crippen molar-refractivity contribution in [2.45, 2.75) is 24.2 Å². The molecule has 31 heavy (non-hydrogen) atoms. The van der Waals surface area contributed by atoms with Crippen molar-refractivity contribution in [2.24, 2.45) is 0 Å². The molecule has 1 aliphatic heterocycles. The molecular weight excluding hydrogens is 434 g/mol. The quantitative estimate of drug-likeness (QED) is 0.583. The molecule has 162 valence electrons. The lowest BCUT2D eigenvalue weighted by Crippen LogP contribution is -2.27. The van der Waals surface area contributed by atoms with Crippen LogP contribution in [-0.4, -0.2) is 43.8 Å². The number of carbonyl (C=O) groups excluding carboxylic acids is 1. The third kappa shape index (κ3) is 4.95. The van der Waals surface area contributed by atoms with Crippen LogP contribution in [0.4, 0.5) is 5.69 Å². The number of methoxy groups -OCH3 is 1. The zero-order chi connectivity index (χ0) is 21.8. The fraction of sp³-hybridized carbons (Fsp3) is 0.273. The summed E-state index contributed by atoms with van der Waals surface area (Å²) in [6, 6.07) is 13.9. The Morgan fingerprint density at radius 1 is 1.10 bits per heavy atom. The molecule has 7 nitrogen and oxygen atoms in total. The normalized spacial score (nSPS) is 14.5. The second-order valence-corrected chi connectivity index (χ2v) is 10.0. The van der Waals surface area contributed by atoms with Crippen molar-refractivity contribution < 1.29 is 17.9 Å². The summed E-state index contributed by atoms with van der Waals surface area (Å²) < 4.78 is 31.8. The molecule has 0 bridgehead atoms. The Kier molecular flexibility index (Phi) is 6.35. The van der Waals surface area contributed by atoms with Gasteiger partial charge in [0.1, 0.15) is 10.8 Å². The van der Waals surface area contributed by atoms with Gasteiger partial charge in [-0.3, -0.25) is 4.79 Å². The average molecular weight is 458 g/mol. The van der Waals surface area contributed by atoms with E-state index >= 15 is 0 Å². The zero-order valence-corrected chi connectivity index (χ0v) is 18.7. The predicted molar refractivity (Wildman–Crippen MR) is 121 cm³/mol. The zero-order valence-electron chi connectivity index (χ0n) is 17.1. The minimum atomic E-state index is -3.46. The molecule has 2 aromatic carbocycles. The van der Waals surface area contributed by atoms with E-state index in [0.717, 1.165) is 29.2 Å². The van der Waals surface area contributed by atoms with Crippen LogP contribution in [0.5, 0.6) is 5.75 Å². The number of benzene rings is 2. The topological polar surface area (TPSA) is 88.6 Å². The summed E-state index contributed by atoms with van der Waals surface area (Å²) >= 11 is 1.48. The van der Waals surface area contributed by atoms with E-state index in [0.29, 0.717) is 24.5 Å². The summed E-state index contributed by atoms with van der Waals surface area (Å²) in [6.45, 7) is 1.12. The lowest BCUT2D eigenvalue weighted by Gasteiger charge is -2.15. The number of aromatic nitrogens is 1. The average Bonchev–Trinajstić information content (AvgIpc) is 3.47. The number of rotatable bonds is 7. The molecule has 0 atom stereocenters. The molecule has 1 N–H and O–H groups in total. The Labute approximate surface area is 185 Å². The lowest BCUT2D eigenvalue weighted by atomic mass is 10.2. The molecule has 0 unspecified atom stereocenters. The first-order valence-corrected chi connectivity index (χ1v) is 12.3. The molecule has 2 heterocycles. The minimum absolute atomic E-state index is 0.139. The molecular formula is C22H23N3O4S2. The highest BCUT2D eigenvalue weighted by atomic mass is 32.2. The molecule has 1 amide bonds. The van der Waals surface area contributed by atoms with Gasteiger partial charge in [-0.1, -0.05) is 0 Å². The fourth-order valence-electron chi connectivity index (χ4n) is 3.41. The summed E-state index contributed by atoms with van der Waals surface area (Å²) in [4.78, 5) is 17.2. The van der Waals surface area contributed by atoms with Crippen LogP contribution >= 0.6 is 11.3 Å². The first-order valence-electron chi connectivity index (χ1n) is 9.94. The first-order chi connectivity index (χ1) is 15.0. The van der Waals surface area contributed by atoms with Gasteiger partial charge in [-0.2, -0.15) is 4.31 Å². The minimum Gasteiger partial charge on any atom is -0.497 e. The number of hydrogen-bond acceptors (Lipinski definition) is 6. The molecule has 4 rings (SSSR count). The number of amides is 1. The van der Waals surface area contributed by atoms with Crippen LogP contribution < -0.4 is 10.1 Å². The molecule has 1 aromatic heterocycles. The highest BCUT2D eigenvalue weighted by molar-refractivity contribution is 7.89. The smallest absolute Gasteiger partial charge is 0.243 e. The van der Waals surface area contributed by atoms with E-state index in [2.05, 4.69) is 10.3 Å². The highest BCUT2D eigenvalue weighted by Gasteiger charge is 2.26. The van der Waals surface area contributed by atoms with Crippen molar-refractivity contribution in [3.05, 3.63) is 59.6 Å². The lowest BCUT2D eigenvalue weighted by molar-refractivity contribution is -0.115. The van der Waals surface area contributed by atoms with Gasteiger partial charge in [0.15, 0.2) is 0 Å². The maximum atomic E-state index is 12.6. The van der Waals surface area contributed by atoms with Crippen molar-refractivity contribution >= 4 is 33.0 Å². The van der Waals surface area contributed by atoms with Gasteiger partial charge in [-0.25, -0.2) is 13.4 Å². The van der Waals surface area contributed by atoms with Gasteiger partial charge in [0, 0.05) is 29.7 Å². The van der Waals surface area contributed by atoms with Gasteiger partial charge in [0.05, 0.1) is 24.1 Å². The molecule has 1 aliphatic rings. The van der Waals surface area contributed by atoms with Gasteiger partial charge in [-0.15, -0.1) is 11.3 Å². The molecule has 1 saturated heterocycles. The summed E-state index contributed by atoms with van der Waals surface area (Å²) in [6.07, 6.45) is 1.93. The van der Waals surface area contributed by atoms with Crippen molar-refractivity contribution in [2.75, 3.05) is 25.5 Å². The van der Waals surface area contributed by atoms with Gasteiger partial charge in [0.2, 0.25) is 15.9 Å². The van der Waals surface area contributed by atoms with Crippen LogP contribution in [0.25, 0.3) is 10.6 Å². The van der Waals surface area contributed by atoms with Crippen molar-refractivity contribution in [3.8, 4) is 16.3 Å². The number of thiazole rings is 1. The van der Waals surface area contributed by atoms with Gasteiger partial charge < -0.3 is 10.1 Å². The molecule has 0 radical (unpaired) electrons. The number of carbonyl (C=O) groups is 1. The Hall–Kier alpha value is -2.75. The second kappa shape index (κ2) is 9.17. The molecule has 0 aliphatic carbocycles. The third-order valence-corrected chi connectivity index (χ3v) is 7.92. The SMILES string of the molecule is COc1ccc(-c2nc(CC(=O)Nc3ccc(S(=O)(=O)N4CCCC4)cc3)cs2)cc1. The highest BCUT2D eigenvalue weighted by Crippen LogP contribution is 2.26. The van der Waals surface area contributed by atoms with Crippen LogP contribution in [0.2, 0.25) is 0 Å². The first kappa shape index (κ1) is 21.5. The van der Waals surface area contributed by atoms with Gasteiger partial charge in [0.25, 0.3) is 0 Å². The monoisotopic (exact) mass is 457 g/mol. The number of nitrogens with one attached hydrogen (secondary N) is 1. The predicted octanol–water partition coefficient (Wildman–Crippen LogP) is 3.78. The van der Waals surface area contributed by atoms with E-state index in [1.54, 1.807) is 19.2 Å². The number of nitrogens with zero attached hydrogens (tertiary/aromatic N) is 2. The maximum Gasteiger partial charge on any atom is 0.243 e. The van der Waals surface area contributed by atoms with Crippen molar-refractivity contribution in [1.82, 2.24) is 9.29 Å². The van der Waals surface area contributed by atoms with E-state index in [-0.39, 0.29) is 17.2 Å². The summed E-state index contributed by atoms with van der Waals surface area (Å²) in [5.74, 6) is 0.570. The Bertz CT molecular complexity index is 1150. The van der Waals surface area contributed by atoms with Crippen LogP contribution in [0.1, 0.15) is 18.5 Å². The fourth-order valence-corrected chi connectivity index (χ4v) is 5.75. The van der Waals surface area contributed by atoms with Crippen LogP contribution in [0.15, 0.2) is 58.8 Å². The largest absolute Gasteiger partial charge is 0.497 e. The van der Waals surface area contributed by atoms with Crippen molar-refractivity contribution in [3.63, 3.8) is 0 Å². The van der Waals surface area contributed by atoms with Crippen LogP contribution in [-0.2, 0) is 21.2 Å². The maximum absolute atomic E-state index is 12.6. The molecule has 3 aromatic rings. The molecule has 0 saturated carbocycles. The number of sulfonamides is 1. The summed E-state index contributed by atoms with van der Waals surface area (Å²) in [5, 5.41) is 5.50. The van der Waals surface area contributed by atoms with E-state index in [1.807, 2.05) is 29.6 Å². The standard InChI is InChI=1S/C22H23N3O4S2/c1-29-19-8-4-16(5-9-19)22-24-18(15-30-22)14-21(26)23-17-6-10-20(11-7-17)31(27,28)25-12-2-3-13-25/h4-11,15H,2-3,12-14H2,1H3,(H,23,26). The van der Waals surface area contributed by atoms with Gasteiger partial charge in [-0.05, 0) is 61.4 Å². The summed E-state index contributed by atoms with van der Waals surface area (Å²) in [7, 11) is -1.84. The Balaban J connectivity index is 1.37. The second-order valence-electron chi connectivity index (χ2n) is 7.23. The number of anilines is 1. The van der Waals surface area contributed by atoms with Gasteiger partial charge >= 0.3 is 0 Å². The number of hydrogen-bond donors (Lipinski definition) is 1. The molecule has 9 heteroatoms. The van der Waals surface area contributed by atoms with E-state index in [1.165, 1.54) is 27.8 Å². The Morgan fingerprint density at radius 3 is 2.42 bits per heavy atom. The van der Waals surface area contributed by atoms with Crippen molar-refractivity contribution in [1.29, 1.82) is 0 Å². The third-order valence-electron chi connectivity index (χ3n) is 5.07. The van der Waals surface area contributed by atoms with E-state index in [9.17, 15) is 13.2 Å². The number of ether oxygens (including phenoxy) is 1. The van der Waals surface area contributed by atoms with E-state index < -0.39 is 10.0 Å². The molecule has 1 fully saturated rings. The summed E-state index contributed by atoms with van der Waals surface area (Å²) in [5.41, 5.74) is 2.20. The molecule has 0 spiro atoms. The Morgan fingerprint density at radius 2 is 1.77 bits per heavy atom. The van der Waals surface area contributed by atoms with Crippen LogP contribution in [0, 0.1) is 0 Å². The van der Waals surface area contributed by atoms with Crippen LogP contribution in [0.3, 0.4) is 0 Å².